The number of aromatic nitrogens is 2. The van der Waals surface area contributed by atoms with Gasteiger partial charge in [0.25, 0.3) is 0 Å². The SMILES string of the molecule is COC(=O)N1CCc2c(nc(C)n2C2=CCN(C(C)C[C@H](NC(=O)OC(C)(C)C)c3ccccc3)CC2)C1. The third kappa shape index (κ3) is 6.56. The molecule has 0 radical (unpaired) electrons. The van der Waals surface area contributed by atoms with Crippen molar-refractivity contribution in [1.29, 1.82) is 0 Å². The number of alkyl carbamates (subject to hydrolysis) is 1. The summed E-state index contributed by atoms with van der Waals surface area (Å²) < 4.78 is 12.7. The van der Waals surface area contributed by atoms with Gasteiger partial charge in [0.2, 0.25) is 0 Å². The smallest absolute Gasteiger partial charge is 0.409 e. The number of carbonyl (C=O) groups excluding carboxylic acids is 2. The number of nitrogens with one attached hydrogen (secondary N) is 1. The summed E-state index contributed by atoms with van der Waals surface area (Å²) in [6.07, 6.45) is 4.03. The van der Waals surface area contributed by atoms with Gasteiger partial charge in [-0.2, -0.15) is 0 Å². The van der Waals surface area contributed by atoms with Crippen LogP contribution in [0, 0.1) is 6.92 Å². The number of amides is 2. The van der Waals surface area contributed by atoms with E-state index in [4.69, 9.17) is 14.5 Å². The van der Waals surface area contributed by atoms with Gasteiger partial charge >= 0.3 is 12.2 Å². The molecule has 2 aliphatic rings. The maximum atomic E-state index is 12.6. The van der Waals surface area contributed by atoms with Crippen LogP contribution in [0.4, 0.5) is 9.59 Å². The molecular formula is C29H41N5O4. The van der Waals surface area contributed by atoms with E-state index >= 15 is 0 Å². The number of ether oxygens (including phenoxy) is 2. The molecule has 0 spiro atoms. The second-order valence-corrected chi connectivity index (χ2v) is 11.2. The summed E-state index contributed by atoms with van der Waals surface area (Å²) >= 11 is 0. The van der Waals surface area contributed by atoms with Crippen molar-refractivity contribution in [3.63, 3.8) is 0 Å². The fourth-order valence-electron chi connectivity index (χ4n) is 5.36. The van der Waals surface area contributed by atoms with E-state index in [0.717, 1.165) is 49.4 Å². The Morgan fingerprint density at radius 3 is 2.50 bits per heavy atom. The van der Waals surface area contributed by atoms with E-state index in [0.29, 0.717) is 13.1 Å². The van der Waals surface area contributed by atoms with Gasteiger partial charge in [-0.05, 0) is 46.6 Å². The molecule has 0 fully saturated rings. The molecule has 0 bridgehead atoms. The molecule has 0 saturated carbocycles. The third-order valence-corrected chi connectivity index (χ3v) is 7.21. The molecule has 3 heterocycles. The Balaban J connectivity index is 1.43. The Bertz CT molecular complexity index is 1170. The van der Waals surface area contributed by atoms with E-state index < -0.39 is 11.7 Å². The van der Waals surface area contributed by atoms with Gasteiger partial charge < -0.3 is 24.3 Å². The number of carbonyl (C=O) groups is 2. The number of imidazole rings is 1. The van der Waals surface area contributed by atoms with Crippen LogP contribution in [-0.2, 0) is 22.4 Å². The Hall–Kier alpha value is -3.33. The van der Waals surface area contributed by atoms with Crippen LogP contribution in [0.25, 0.3) is 5.70 Å². The molecule has 1 N–H and O–H groups in total. The first-order valence-corrected chi connectivity index (χ1v) is 13.4. The molecule has 9 nitrogen and oxygen atoms in total. The van der Waals surface area contributed by atoms with Crippen LogP contribution in [-0.4, -0.2) is 69.9 Å². The standard InChI is InChI=1S/C29H41N5O4/c1-20(18-24(22-10-8-7-9-11-22)31-27(35)38-29(3,4)5)32-15-12-23(13-16-32)34-21(2)30-25-19-33(28(36)37-6)17-14-26(25)34/h7-12,20,24H,13-19H2,1-6H3,(H,31,35)/t20?,24-/m0/s1. The average molecular weight is 524 g/mol. The number of aryl methyl sites for hydroxylation is 1. The fourth-order valence-corrected chi connectivity index (χ4v) is 5.36. The molecule has 9 heteroatoms. The van der Waals surface area contributed by atoms with E-state index in [1.54, 1.807) is 4.90 Å². The number of rotatable bonds is 6. The lowest BCUT2D eigenvalue weighted by Gasteiger charge is -2.35. The fraction of sp³-hybridized carbons (Fsp3) is 0.552. The van der Waals surface area contributed by atoms with Gasteiger partial charge in [0.05, 0.1) is 25.4 Å². The highest BCUT2D eigenvalue weighted by Crippen LogP contribution is 2.29. The molecule has 2 aromatic rings. The lowest BCUT2D eigenvalue weighted by molar-refractivity contribution is 0.0492. The Morgan fingerprint density at radius 2 is 1.87 bits per heavy atom. The molecule has 38 heavy (non-hydrogen) atoms. The van der Waals surface area contributed by atoms with Crippen LogP contribution in [0.3, 0.4) is 0 Å². The van der Waals surface area contributed by atoms with E-state index in [9.17, 15) is 9.59 Å². The van der Waals surface area contributed by atoms with Crippen molar-refractivity contribution in [3.8, 4) is 0 Å². The minimum atomic E-state index is -0.548. The first-order valence-electron chi connectivity index (χ1n) is 13.4. The molecule has 0 aliphatic carbocycles. The highest BCUT2D eigenvalue weighted by molar-refractivity contribution is 5.68. The predicted molar refractivity (Wildman–Crippen MR) is 147 cm³/mol. The number of methoxy groups -OCH3 is 1. The average Bonchev–Trinajstić information content (AvgIpc) is 3.22. The minimum absolute atomic E-state index is 0.146. The van der Waals surface area contributed by atoms with Crippen molar-refractivity contribution in [1.82, 2.24) is 24.7 Å². The largest absolute Gasteiger partial charge is 0.453 e. The zero-order valence-corrected chi connectivity index (χ0v) is 23.5. The summed E-state index contributed by atoms with van der Waals surface area (Å²) in [6.45, 7) is 12.7. The molecule has 2 aliphatic heterocycles. The number of fused-ring (bicyclic) bond motifs is 1. The van der Waals surface area contributed by atoms with Crippen LogP contribution >= 0.6 is 0 Å². The van der Waals surface area contributed by atoms with Crippen molar-refractivity contribution in [2.45, 2.75) is 78.1 Å². The molecule has 2 atom stereocenters. The Kier molecular flexibility index (Phi) is 8.45. The lowest BCUT2D eigenvalue weighted by Crippen LogP contribution is -2.41. The monoisotopic (exact) mass is 523 g/mol. The van der Waals surface area contributed by atoms with Crippen molar-refractivity contribution < 1.29 is 19.1 Å². The normalized spacial score (nSPS) is 17.7. The van der Waals surface area contributed by atoms with Crippen LogP contribution in [0.1, 0.15) is 69.4 Å². The maximum absolute atomic E-state index is 12.6. The van der Waals surface area contributed by atoms with Crippen LogP contribution in [0.2, 0.25) is 0 Å². The summed E-state index contributed by atoms with van der Waals surface area (Å²) in [5.74, 6) is 0.958. The van der Waals surface area contributed by atoms with Gasteiger partial charge in [-0.25, -0.2) is 14.6 Å². The zero-order valence-electron chi connectivity index (χ0n) is 23.5. The summed E-state index contributed by atoms with van der Waals surface area (Å²) in [5.41, 5.74) is 3.93. The van der Waals surface area contributed by atoms with Gasteiger partial charge in [-0.15, -0.1) is 0 Å². The minimum Gasteiger partial charge on any atom is -0.453 e. The van der Waals surface area contributed by atoms with Gasteiger partial charge in [0.15, 0.2) is 0 Å². The summed E-state index contributed by atoms with van der Waals surface area (Å²) in [6, 6.07) is 10.2. The number of hydrogen-bond donors (Lipinski definition) is 1. The molecule has 1 aromatic carbocycles. The van der Waals surface area contributed by atoms with E-state index in [1.807, 2.05) is 45.9 Å². The second kappa shape index (κ2) is 11.6. The maximum Gasteiger partial charge on any atom is 0.409 e. The first kappa shape index (κ1) is 27.7. The van der Waals surface area contributed by atoms with Gasteiger partial charge in [0.1, 0.15) is 11.4 Å². The number of hydrogen-bond acceptors (Lipinski definition) is 6. The molecule has 0 saturated heterocycles. The topological polar surface area (TPSA) is 88.9 Å². The van der Waals surface area contributed by atoms with Gasteiger partial charge in [-0.3, -0.25) is 4.90 Å². The Morgan fingerprint density at radius 1 is 1.13 bits per heavy atom. The van der Waals surface area contributed by atoms with Crippen molar-refractivity contribution in [2.24, 2.45) is 0 Å². The van der Waals surface area contributed by atoms with Crippen LogP contribution in [0.5, 0.6) is 0 Å². The second-order valence-electron chi connectivity index (χ2n) is 11.2. The third-order valence-electron chi connectivity index (χ3n) is 7.21. The van der Waals surface area contributed by atoms with Crippen molar-refractivity contribution >= 4 is 17.9 Å². The highest BCUT2D eigenvalue weighted by atomic mass is 16.6. The van der Waals surface area contributed by atoms with E-state index in [-0.39, 0.29) is 18.2 Å². The van der Waals surface area contributed by atoms with E-state index in [2.05, 4.69) is 39.9 Å². The zero-order chi connectivity index (χ0) is 27.4. The number of benzene rings is 1. The molecule has 2 amide bonds. The highest BCUT2D eigenvalue weighted by Gasteiger charge is 2.29. The summed E-state index contributed by atoms with van der Waals surface area (Å²) in [7, 11) is 1.41. The quantitative estimate of drug-likeness (QED) is 0.579. The van der Waals surface area contributed by atoms with Gasteiger partial charge in [0, 0.05) is 49.9 Å². The molecular weight excluding hydrogens is 482 g/mol. The first-order chi connectivity index (χ1) is 18.1. The molecule has 1 unspecified atom stereocenters. The van der Waals surface area contributed by atoms with Crippen LogP contribution < -0.4 is 5.32 Å². The van der Waals surface area contributed by atoms with Crippen LogP contribution in [0.15, 0.2) is 36.4 Å². The summed E-state index contributed by atoms with van der Waals surface area (Å²) in [4.78, 5) is 33.5. The lowest BCUT2D eigenvalue weighted by atomic mass is 9.98. The van der Waals surface area contributed by atoms with E-state index in [1.165, 1.54) is 18.5 Å². The molecule has 206 valence electrons. The van der Waals surface area contributed by atoms with Crippen molar-refractivity contribution in [3.05, 3.63) is 59.2 Å². The molecule has 1 aromatic heterocycles. The molecule has 4 rings (SSSR count). The number of nitrogens with zero attached hydrogens (tertiary/aromatic N) is 4. The summed E-state index contributed by atoms with van der Waals surface area (Å²) in [5, 5.41) is 3.10. The van der Waals surface area contributed by atoms with Gasteiger partial charge in [-0.1, -0.05) is 36.4 Å². The van der Waals surface area contributed by atoms with Crippen molar-refractivity contribution in [2.75, 3.05) is 26.7 Å². The predicted octanol–water partition coefficient (Wildman–Crippen LogP) is 4.91. The Labute approximate surface area is 225 Å².